The van der Waals surface area contributed by atoms with Crippen LogP contribution in [0.2, 0.25) is 0 Å². The molecule has 1 aliphatic heterocycles. The summed E-state index contributed by atoms with van der Waals surface area (Å²) >= 11 is 0. The summed E-state index contributed by atoms with van der Waals surface area (Å²) in [7, 11) is 1.66. The van der Waals surface area contributed by atoms with Gasteiger partial charge in [0, 0.05) is 32.2 Å². The number of nitrogens with zero attached hydrogens (tertiary/aromatic N) is 2. The molecule has 7 nitrogen and oxygen atoms in total. The summed E-state index contributed by atoms with van der Waals surface area (Å²) in [6.07, 6.45) is 6.77. The highest BCUT2D eigenvalue weighted by atomic mass is 16.6. The number of amides is 1. The zero-order valence-corrected chi connectivity index (χ0v) is 14.7. The van der Waals surface area contributed by atoms with E-state index >= 15 is 0 Å². The number of hydrogen-bond donors (Lipinski definition) is 2. The Balaban J connectivity index is 1.59. The SMILES string of the molecule is CNc1ccc(CN[C@H]2CCN(C3CCCCC3)C2=O)cc1[N+](=O)[O-]. The third-order valence-electron chi connectivity index (χ3n) is 5.34. The average Bonchev–Trinajstić information content (AvgIpc) is 3.01. The molecule has 2 N–H and O–H groups in total. The highest BCUT2D eigenvalue weighted by Crippen LogP contribution is 2.27. The Morgan fingerprint density at radius 2 is 2.00 bits per heavy atom. The Kier molecular flexibility index (Phi) is 5.53. The molecule has 0 bridgehead atoms. The number of nitro groups is 1. The Bertz CT molecular complexity index is 643. The quantitative estimate of drug-likeness (QED) is 0.611. The van der Waals surface area contributed by atoms with Gasteiger partial charge in [-0.05, 0) is 30.9 Å². The van der Waals surface area contributed by atoms with Crippen LogP contribution in [0.1, 0.15) is 44.1 Å². The number of carbonyl (C=O) groups is 1. The molecule has 1 aromatic carbocycles. The minimum atomic E-state index is -0.388. The Labute approximate surface area is 147 Å². The van der Waals surface area contributed by atoms with E-state index < -0.39 is 0 Å². The number of likely N-dealkylation sites (tertiary alicyclic amines) is 1. The van der Waals surface area contributed by atoms with E-state index in [0.717, 1.165) is 31.4 Å². The van der Waals surface area contributed by atoms with Crippen molar-refractivity contribution in [3.8, 4) is 0 Å². The van der Waals surface area contributed by atoms with Crippen LogP contribution in [0, 0.1) is 10.1 Å². The van der Waals surface area contributed by atoms with E-state index in [0.29, 0.717) is 18.3 Å². The van der Waals surface area contributed by atoms with Crippen LogP contribution in [0.25, 0.3) is 0 Å². The summed E-state index contributed by atoms with van der Waals surface area (Å²) in [5, 5.41) is 17.3. The van der Waals surface area contributed by atoms with E-state index in [2.05, 4.69) is 10.6 Å². The van der Waals surface area contributed by atoms with Gasteiger partial charge in [0.25, 0.3) is 5.69 Å². The van der Waals surface area contributed by atoms with Crippen LogP contribution in [0.3, 0.4) is 0 Å². The van der Waals surface area contributed by atoms with Crippen molar-refractivity contribution in [2.75, 3.05) is 18.9 Å². The molecule has 1 aliphatic carbocycles. The number of anilines is 1. The van der Waals surface area contributed by atoms with Gasteiger partial charge >= 0.3 is 0 Å². The zero-order chi connectivity index (χ0) is 17.8. The van der Waals surface area contributed by atoms with Crippen LogP contribution in [0.4, 0.5) is 11.4 Å². The first-order valence-electron chi connectivity index (χ1n) is 9.09. The van der Waals surface area contributed by atoms with Crippen molar-refractivity contribution in [1.29, 1.82) is 0 Å². The van der Waals surface area contributed by atoms with Crippen LogP contribution in [-0.4, -0.2) is 41.4 Å². The molecule has 0 unspecified atom stereocenters. The molecule has 1 aromatic rings. The maximum atomic E-state index is 12.6. The second kappa shape index (κ2) is 7.82. The van der Waals surface area contributed by atoms with Crippen molar-refractivity contribution in [3.63, 3.8) is 0 Å². The molecule has 25 heavy (non-hydrogen) atoms. The second-order valence-electron chi connectivity index (χ2n) is 6.90. The number of hydrogen-bond acceptors (Lipinski definition) is 5. The lowest BCUT2D eigenvalue weighted by atomic mass is 9.94. The van der Waals surface area contributed by atoms with E-state index in [1.54, 1.807) is 19.2 Å². The smallest absolute Gasteiger partial charge is 0.292 e. The van der Waals surface area contributed by atoms with Crippen LogP contribution < -0.4 is 10.6 Å². The first kappa shape index (κ1) is 17.7. The van der Waals surface area contributed by atoms with Gasteiger partial charge in [-0.2, -0.15) is 0 Å². The van der Waals surface area contributed by atoms with Gasteiger partial charge in [0.1, 0.15) is 5.69 Å². The molecule has 1 heterocycles. The summed E-state index contributed by atoms with van der Waals surface area (Å²) in [6, 6.07) is 5.36. The largest absolute Gasteiger partial charge is 0.383 e. The van der Waals surface area contributed by atoms with Gasteiger partial charge in [0.2, 0.25) is 5.91 Å². The van der Waals surface area contributed by atoms with Crippen LogP contribution in [-0.2, 0) is 11.3 Å². The summed E-state index contributed by atoms with van der Waals surface area (Å²) in [4.78, 5) is 25.5. The van der Waals surface area contributed by atoms with E-state index in [-0.39, 0.29) is 22.6 Å². The molecule has 2 fully saturated rings. The highest BCUT2D eigenvalue weighted by Gasteiger charge is 2.35. The van der Waals surface area contributed by atoms with Crippen molar-refractivity contribution >= 4 is 17.3 Å². The normalized spacial score (nSPS) is 21.6. The number of benzene rings is 1. The predicted molar refractivity (Wildman–Crippen MR) is 96.5 cm³/mol. The Morgan fingerprint density at radius 1 is 1.24 bits per heavy atom. The van der Waals surface area contributed by atoms with Crippen molar-refractivity contribution in [3.05, 3.63) is 33.9 Å². The molecule has 0 radical (unpaired) electrons. The van der Waals surface area contributed by atoms with Crippen LogP contribution in [0.15, 0.2) is 18.2 Å². The summed E-state index contributed by atoms with van der Waals surface area (Å²) in [5.41, 5.74) is 1.37. The van der Waals surface area contributed by atoms with Gasteiger partial charge < -0.3 is 15.5 Å². The molecular weight excluding hydrogens is 320 g/mol. The van der Waals surface area contributed by atoms with Gasteiger partial charge in [-0.3, -0.25) is 14.9 Å². The lowest BCUT2D eigenvalue weighted by Crippen LogP contribution is -2.43. The lowest BCUT2D eigenvalue weighted by Gasteiger charge is -2.31. The molecule has 1 saturated heterocycles. The van der Waals surface area contributed by atoms with Crippen LogP contribution in [0.5, 0.6) is 0 Å². The van der Waals surface area contributed by atoms with Crippen molar-refractivity contribution in [1.82, 2.24) is 10.2 Å². The molecule has 3 rings (SSSR count). The summed E-state index contributed by atoms with van der Waals surface area (Å²) in [5.74, 6) is 0.188. The van der Waals surface area contributed by atoms with E-state index in [4.69, 9.17) is 0 Å². The fourth-order valence-corrected chi connectivity index (χ4v) is 3.94. The molecule has 0 aromatic heterocycles. The first-order valence-corrected chi connectivity index (χ1v) is 9.09. The molecule has 1 saturated carbocycles. The number of carbonyl (C=O) groups excluding carboxylic acids is 1. The Hall–Kier alpha value is -2.15. The van der Waals surface area contributed by atoms with Gasteiger partial charge in [-0.1, -0.05) is 25.3 Å². The minimum Gasteiger partial charge on any atom is -0.383 e. The molecule has 2 aliphatic rings. The standard InChI is InChI=1S/C18H26N4O3/c1-19-15-8-7-13(11-17(15)22(24)25)12-20-16-9-10-21(18(16)23)14-5-3-2-4-6-14/h7-8,11,14,16,19-20H,2-6,9-10,12H2,1H3/t16-/m0/s1. The van der Waals surface area contributed by atoms with Crippen molar-refractivity contribution in [2.45, 2.75) is 57.2 Å². The fourth-order valence-electron chi connectivity index (χ4n) is 3.94. The molecular formula is C18H26N4O3. The molecule has 136 valence electrons. The molecule has 1 amide bonds. The predicted octanol–water partition coefficient (Wildman–Crippen LogP) is 2.66. The minimum absolute atomic E-state index is 0.0587. The summed E-state index contributed by atoms with van der Waals surface area (Å²) < 4.78 is 0. The topological polar surface area (TPSA) is 87.5 Å². The molecule has 0 spiro atoms. The number of nitro benzene ring substituents is 1. The van der Waals surface area contributed by atoms with Gasteiger partial charge in [0.05, 0.1) is 11.0 Å². The highest BCUT2D eigenvalue weighted by molar-refractivity contribution is 5.84. The Morgan fingerprint density at radius 3 is 2.68 bits per heavy atom. The number of nitrogens with one attached hydrogen (secondary N) is 2. The first-order chi connectivity index (χ1) is 12.1. The summed E-state index contributed by atoms with van der Waals surface area (Å²) in [6.45, 7) is 1.28. The molecule has 7 heteroatoms. The zero-order valence-electron chi connectivity index (χ0n) is 14.7. The number of rotatable bonds is 6. The van der Waals surface area contributed by atoms with Crippen LogP contribution >= 0.6 is 0 Å². The fraction of sp³-hybridized carbons (Fsp3) is 0.611. The van der Waals surface area contributed by atoms with Crippen molar-refractivity contribution in [2.24, 2.45) is 0 Å². The third-order valence-corrected chi connectivity index (χ3v) is 5.34. The molecule has 1 atom stereocenters. The van der Waals surface area contributed by atoms with Gasteiger partial charge in [-0.15, -0.1) is 0 Å². The van der Waals surface area contributed by atoms with Crippen molar-refractivity contribution < 1.29 is 9.72 Å². The average molecular weight is 346 g/mol. The maximum absolute atomic E-state index is 12.6. The third kappa shape index (κ3) is 3.92. The van der Waals surface area contributed by atoms with Gasteiger partial charge in [-0.25, -0.2) is 0 Å². The van der Waals surface area contributed by atoms with E-state index in [1.165, 1.54) is 19.3 Å². The van der Waals surface area contributed by atoms with E-state index in [9.17, 15) is 14.9 Å². The maximum Gasteiger partial charge on any atom is 0.292 e. The second-order valence-corrected chi connectivity index (χ2v) is 6.90. The van der Waals surface area contributed by atoms with E-state index in [1.807, 2.05) is 11.0 Å². The van der Waals surface area contributed by atoms with Gasteiger partial charge in [0.15, 0.2) is 0 Å². The lowest BCUT2D eigenvalue weighted by molar-refractivity contribution is -0.384. The monoisotopic (exact) mass is 346 g/mol.